The number of aliphatic hydroxyl groups is 1. The first-order valence-electron chi connectivity index (χ1n) is 6.27. The van der Waals surface area contributed by atoms with Crippen molar-refractivity contribution in [2.45, 2.75) is 19.4 Å². The highest BCUT2D eigenvalue weighted by molar-refractivity contribution is 5.40. The van der Waals surface area contributed by atoms with Crippen molar-refractivity contribution < 1.29 is 9.84 Å². The third-order valence-electron chi connectivity index (χ3n) is 2.79. The van der Waals surface area contributed by atoms with E-state index in [0.717, 1.165) is 23.3 Å². The van der Waals surface area contributed by atoms with Gasteiger partial charge in [0.1, 0.15) is 11.9 Å². The van der Waals surface area contributed by atoms with Crippen molar-refractivity contribution in [2.24, 2.45) is 0 Å². The van der Waals surface area contributed by atoms with Crippen LogP contribution >= 0.6 is 0 Å². The van der Waals surface area contributed by atoms with E-state index >= 15 is 0 Å². The lowest BCUT2D eigenvalue weighted by atomic mass is 10.0. The van der Waals surface area contributed by atoms with Gasteiger partial charge in [-0.3, -0.25) is 0 Å². The molecule has 1 N–H and O–H groups in total. The summed E-state index contributed by atoms with van der Waals surface area (Å²) in [6.45, 7) is 2.73. The summed E-state index contributed by atoms with van der Waals surface area (Å²) in [5.41, 5.74) is 1.70. The Morgan fingerprint density at radius 3 is 2.39 bits per heavy atom. The van der Waals surface area contributed by atoms with Crippen LogP contribution in [0.15, 0.2) is 54.6 Å². The summed E-state index contributed by atoms with van der Waals surface area (Å²) in [5.74, 6) is 0.760. The van der Waals surface area contributed by atoms with Crippen LogP contribution in [0.3, 0.4) is 0 Å². The summed E-state index contributed by atoms with van der Waals surface area (Å²) in [7, 11) is 0. The van der Waals surface area contributed by atoms with Crippen LogP contribution in [0.2, 0.25) is 0 Å². The minimum Gasteiger partial charge on any atom is -0.493 e. The van der Waals surface area contributed by atoms with Gasteiger partial charge >= 0.3 is 0 Å². The maximum atomic E-state index is 10.4. The quantitative estimate of drug-likeness (QED) is 0.868. The van der Waals surface area contributed by atoms with Crippen LogP contribution in [0.25, 0.3) is 0 Å². The van der Waals surface area contributed by atoms with Gasteiger partial charge in [0, 0.05) is 5.56 Å². The summed E-state index contributed by atoms with van der Waals surface area (Å²) >= 11 is 0. The molecule has 2 heteroatoms. The molecule has 94 valence electrons. The fraction of sp³-hybridized carbons (Fsp3) is 0.250. The Labute approximate surface area is 108 Å². The van der Waals surface area contributed by atoms with Crippen molar-refractivity contribution >= 4 is 0 Å². The molecule has 2 nitrogen and oxygen atoms in total. The lowest BCUT2D eigenvalue weighted by Gasteiger charge is -2.16. The second kappa shape index (κ2) is 6.22. The van der Waals surface area contributed by atoms with Gasteiger partial charge in [-0.15, -0.1) is 0 Å². The van der Waals surface area contributed by atoms with Gasteiger partial charge < -0.3 is 9.84 Å². The molecular weight excluding hydrogens is 224 g/mol. The van der Waals surface area contributed by atoms with E-state index in [4.69, 9.17) is 4.74 Å². The number of ether oxygens (including phenoxy) is 1. The number of benzene rings is 2. The predicted molar refractivity (Wildman–Crippen MR) is 72.7 cm³/mol. The number of rotatable bonds is 5. The van der Waals surface area contributed by atoms with Gasteiger partial charge in [-0.05, 0) is 18.1 Å². The molecule has 0 aliphatic rings. The van der Waals surface area contributed by atoms with Crippen molar-refractivity contribution in [2.75, 3.05) is 6.61 Å². The van der Waals surface area contributed by atoms with Gasteiger partial charge in [-0.1, -0.05) is 55.5 Å². The molecule has 1 unspecified atom stereocenters. The molecule has 0 saturated heterocycles. The van der Waals surface area contributed by atoms with E-state index in [9.17, 15) is 5.11 Å². The van der Waals surface area contributed by atoms with E-state index in [1.54, 1.807) is 0 Å². The average molecular weight is 242 g/mol. The second-order valence-corrected chi connectivity index (χ2v) is 4.20. The van der Waals surface area contributed by atoms with Gasteiger partial charge in [0.25, 0.3) is 0 Å². The molecule has 0 bridgehead atoms. The van der Waals surface area contributed by atoms with Crippen molar-refractivity contribution in [1.82, 2.24) is 0 Å². The smallest absolute Gasteiger partial charge is 0.125 e. The first-order valence-corrected chi connectivity index (χ1v) is 6.27. The Hall–Kier alpha value is -1.80. The zero-order valence-corrected chi connectivity index (χ0v) is 10.5. The van der Waals surface area contributed by atoms with E-state index < -0.39 is 6.10 Å². The highest BCUT2D eigenvalue weighted by atomic mass is 16.5. The molecule has 2 aromatic rings. The van der Waals surface area contributed by atoms with E-state index in [1.165, 1.54) is 0 Å². The van der Waals surface area contributed by atoms with Crippen LogP contribution in [0.4, 0.5) is 0 Å². The lowest BCUT2D eigenvalue weighted by molar-refractivity contribution is 0.210. The first kappa shape index (κ1) is 12.7. The predicted octanol–water partition coefficient (Wildman–Crippen LogP) is 3.56. The van der Waals surface area contributed by atoms with Crippen LogP contribution in [-0.4, -0.2) is 11.7 Å². The number of hydrogen-bond donors (Lipinski definition) is 1. The molecule has 2 rings (SSSR count). The van der Waals surface area contributed by atoms with Crippen molar-refractivity contribution in [1.29, 1.82) is 0 Å². The van der Waals surface area contributed by atoms with Crippen LogP contribution in [0, 0.1) is 0 Å². The van der Waals surface area contributed by atoms with Crippen LogP contribution in [-0.2, 0) is 0 Å². The largest absolute Gasteiger partial charge is 0.493 e. The first-order chi connectivity index (χ1) is 8.83. The monoisotopic (exact) mass is 242 g/mol. The van der Waals surface area contributed by atoms with E-state index in [1.807, 2.05) is 54.6 Å². The van der Waals surface area contributed by atoms with Gasteiger partial charge in [-0.25, -0.2) is 0 Å². The van der Waals surface area contributed by atoms with Gasteiger partial charge in [0.15, 0.2) is 0 Å². The average Bonchev–Trinajstić information content (AvgIpc) is 2.45. The van der Waals surface area contributed by atoms with Gasteiger partial charge in [0.05, 0.1) is 6.61 Å². The minimum absolute atomic E-state index is 0.640. The lowest BCUT2D eigenvalue weighted by Crippen LogP contribution is -2.04. The molecule has 0 aromatic heterocycles. The zero-order valence-electron chi connectivity index (χ0n) is 10.5. The van der Waals surface area contributed by atoms with Crippen molar-refractivity contribution in [3.8, 4) is 5.75 Å². The third kappa shape index (κ3) is 2.90. The van der Waals surface area contributed by atoms with Crippen LogP contribution < -0.4 is 4.74 Å². The molecule has 1 atom stereocenters. The Morgan fingerprint density at radius 1 is 1.00 bits per heavy atom. The van der Waals surface area contributed by atoms with Crippen LogP contribution in [0.5, 0.6) is 5.75 Å². The summed E-state index contributed by atoms with van der Waals surface area (Å²) < 4.78 is 5.67. The molecule has 0 aliphatic carbocycles. The maximum absolute atomic E-state index is 10.4. The topological polar surface area (TPSA) is 29.5 Å². The van der Waals surface area contributed by atoms with Gasteiger partial charge in [-0.2, -0.15) is 0 Å². The minimum atomic E-state index is -0.640. The fourth-order valence-corrected chi connectivity index (χ4v) is 1.86. The molecule has 0 aliphatic heterocycles. The standard InChI is InChI=1S/C16H18O2/c1-2-12-18-15-11-7-6-10-14(15)16(17)13-8-4-3-5-9-13/h3-11,16-17H,2,12H2,1H3. The molecule has 2 aromatic carbocycles. The number of para-hydroxylation sites is 1. The Kier molecular flexibility index (Phi) is 4.37. The molecule has 0 fully saturated rings. The third-order valence-corrected chi connectivity index (χ3v) is 2.79. The van der Waals surface area contributed by atoms with E-state index in [-0.39, 0.29) is 0 Å². The van der Waals surface area contributed by atoms with Crippen molar-refractivity contribution in [3.63, 3.8) is 0 Å². The number of aliphatic hydroxyl groups excluding tert-OH is 1. The highest BCUT2D eigenvalue weighted by Crippen LogP contribution is 2.29. The maximum Gasteiger partial charge on any atom is 0.125 e. The Balaban J connectivity index is 2.27. The molecule has 0 heterocycles. The SMILES string of the molecule is CCCOc1ccccc1C(O)c1ccccc1. The zero-order chi connectivity index (χ0) is 12.8. The summed E-state index contributed by atoms with van der Waals surface area (Å²) in [5, 5.41) is 10.4. The fourth-order valence-electron chi connectivity index (χ4n) is 1.86. The molecular formula is C16H18O2. The normalized spacial score (nSPS) is 12.1. The summed E-state index contributed by atoms with van der Waals surface area (Å²) in [6.07, 6.45) is 0.315. The highest BCUT2D eigenvalue weighted by Gasteiger charge is 2.14. The summed E-state index contributed by atoms with van der Waals surface area (Å²) in [6, 6.07) is 17.3. The van der Waals surface area contributed by atoms with Crippen molar-refractivity contribution in [3.05, 3.63) is 65.7 Å². The van der Waals surface area contributed by atoms with E-state index in [0.29, 0.717) is 6.61 Å². The molecule has 18 heavy (non-hydrogen) atoms. The summed E-state index contributed by atoms with van der Waals surface area (Å²) in [4.78, 5) is 0. The van der Waals surface area contributed by atoms with Crippen LogP contribution in [0.1, 0.15) is 30.6 Å². The van der Waals surface area contributed by atoms with E-state index in [2.05, 4.69) is 6.92 Å². The molecule has 0 radical (unpaired) electrons. The second-order valence-electron chi connectivity index (χ2n) is 4.20. The molecule has 0 saturated carbocycles. The molecule has 0 spiro atoms. The molecule has 0 amide bonds. The van der Waals surface area contributed by atoms with Gasteiger partial charge in [0.2, 0.25) is 0 Å². The Morgan fingerprint density at radius 2 is 1.67 bits per heavy atom. The number of hydrogen-bond acceptors (Lipinski definition) is 2. The Bertz CT molecular complexity index is 479.